The average Bonchev–Trinajstić information content (AvgIpc) is 2.29. The monoisotopic (exact) mass is 229 g/mol. The molecular weight excluding hydrogens is 206 g/mol. The van der Waals surface area contributed by atoms with Gasteiger partial charge < -0.3 is 15.0 Å². The number of morpholine rings is 1. The number of aliphatic imine (C=N–C) groups is 1. The molecule has 6 nitrogen and oxygen atoms in total. The Hall–Kier alpha value is -0.850. The second-order valence-corrected chi connectivity index (χ2v) is 4.02. The van der Waals surface area contributed by atoms with E-state index in [1.54, 1.807) is 0 Å². The van der Waals surface area contributed by atoms with Gasteiger partial charge in [0.15, 0.2) is 0 Å². The second kappa shape index (κ2) is 7.43. The number of hydrogen-bond donors (Lipinski definition) is 3. The summed E-state index contributed by atoms with van der Waals surface area (Å²) in [5, 5.41) is 3.11. The summed E-state index contributed by atoms with van der Waals surface area (Å²) >= 11 is 0. The molecule has 1 aliphatic rings. The summed E-state index contributed by atoms with van der Waals surface area (Å²) in [4.78, 5) is 6.60. The van der Waals surface area contributed by atoms with Gasteiger partial charge in [-0.05, 0) is 13.5 Å². The number of nitrogens with one attached hydrogen (secondary N) is 2. The standard InChI is InChI=1S/C10H23N5O/c1-3-4-12-10(14-11)13-7-9-8-15(2)5-6-16-9/h9H,3-8,11H2,1-2H3,(H2,12,13,14). The number of rotatable bonds is 4. The first-order chi connectivity index (χ1) is 7.76. The summed E-state index contributed by atoms with van der Waals surface area (Å²) in [5.74, 6) is 6.00. The summed E-state index contributed by atoms with van der Waals surface area (Å²) in [7, 11) is 2.09. The van der Waals surface area contributed by atoms with Gasteiger partial charge in [0.05, 0.1) is 19.3 Å². The van der Waals surface area contributed by atoms with E-state index < -0.39 is 0 Å². The van der Waals surface area contributed by atoms with E-state index in [1.165, 1.54) is 0 Å². The first-order valence-electron chi connectivity index (χ1n) is 5.81. The van der Waals surface area contributed by atoms with Crippen molar-refractivity contribution in [3.63, 3.8) is 0 Å². The van der Waals surface area contributed by atoms with E-state index in [-0.39, 0.29) is 6.10 Å². The van der Waals surface area contributed by atoms with Crippen LogP contribution in [0.25, 0.3) is 0 Å². The SMILES string of the molecule is CCCNC(=NCC1CN(C)CCO1)NN. The third-order valence-electron chi connectivity index (χ3n) is 2.47. The van der Waals surface area contributed by atoms with Gasteiger partial charge in [-0.1, -0.05) is 6.92 Å². The number of nitrogens with two attached hydrogens (primary N) is 1. The highest BCUT2D eigenvalue weighted by Crippen LogP contribution is 2.02. The van der Waals surface area contributed by atoms with E-state index in [0.29, 0.717) is 12.5 Å². The second-order valence-electron chi connectivity index (χ2n) is 4.02. The molecule has 0 bridgehead atoms. The maximum Gasteiger partial charge on any atom is 0.205 e. The first-order valence-corrected chi connectivity index (χ1v) is 5.81. The summed E-state index contributed by atoms with van der Waals surface area (Å²) in [5.41, 5.74) is 2.56. The molecule has 0 radical (unpaired) electrons. The molecule has 1 saturated heterocycles. The third kappa shape index (κ3) is 4.78. The Morgan fingerprint density at radius 1 is 1.62 bits per heavy atom. The van der Waals surface area contributed by atoms with Gasteiger partial charge in [0, 0.05) is 19.6 Å². The van der Waals surface area contributed by atoms with Crippen LogP contribution in [0.1, 0.15) is 13.3 Å². The summed E-state index contributed by atoms with van der Waals surface area (Å²) in [6.45, 7) is 6.31. The summed E-state index contributed by atoms with van der Waals surface area (Å²) < 4.78 is 5.60. The van der Waals surface area contributed by atoms with Crippen LogP contribution >= 0.6 is 0 Å². The Labute approximate surface area is 97.2 Å². The van der Waals surface area contributed by atoms with E-state index in [9.17, 15) is 0 Å². The smallest absolute Gasteiger partial charge is 0.205 e. The van der Waals surface area contributed by atoms with Crippen molar-refractivity contribution in [2.24, 2.45) is 10.8 Å². The minimum Gasteiger partial charge on any atom is -0.374 e. The van der Waals surface area contributed by atoms with E-state index in [2.05, 4.69) is 34.6 Å². The summed E-state index contributed by atoms with van der Waals surface area (Å²) in [6, 6.07) is 0. The van der Waals surface area contributed by atoms with Gasteiger partial charge in [0.1, 0.15) is 0 Å². The number of hydrogen-bond acceptors (Lipinski definition) is 4. The van der Waals surface area contributed by atoms with Crippen LogP contribution in [0.2, 0.25) is 0 Å². The third-order valence-corrected chi connectivity index (χ3v) is 2.47. The van der Waals surface area contributed by atoms with Crippen molar-refractivity contribution in [3.8, 4) is 0 Å². The number of ether oxygens (including phenoxy) is 1. The summed E-state index contributed by atoms with van der Waals surface area (Å²) in [6.07, 6.45) is 1.22. The fraction of sp³-hybridized carbons (Fsp3) is 0.900. The zero-order valence-corrected chi connectivity index (χ0v) is 10.2. The molecule has 4 N–H and O–H groups in total. The largest absolute Gasteiger partial charge is 0.374 e. The van der Waals surface area contributed by atoms with Gasteiger partial charge in [-0.25, -0.2) is 10.8 Å². The minimum atomic E-state index is 0.172. The molecule has 0 aliphatic carbocycles. The minimum absolute atomic E-state index is 0.172. The van der Waals surface area contributed by atoms with Crippen molar-refractivity contribution in [2.45, 2.75) is 19.4 Å². The van der Waals surface area contributed by atoms with Crippen LogP contribution in [0.4, 0.5) is 0 Å². The molecule has 6 heteroatoms. The van der Waals surface area contributed by atoms with Crippen LogP contribution in [0.15, 0.2) is 4.99 Å². The van der Waals surface area contributed by atoms with E-state index in [0.717, 1.165) is 32.7 Å². The molecular formula is C10H23N5O. The van der Waals surface area contributed by atoms with Crippen molar-refractivity contribution in [3.05, 3.63) is 0 Å². The maximum absolute atomic E-state index is 5.60. The van der Waals surface area contributed by atoms with E-state index in [1.807, 2.05) is 0 Å². The van der Waals surface area contributed by atoms with Gasteiger partial charge >= 0.3 is 0 Å². The lowest BCUT2D eigenvalue weighted by Gasteiger charge is -2.29. The molecule has 0 amide bonds. The van der Waals surface area contributed by atoms with Crippen molar-refractivity contribution in [2.75, 3.05) is 39.8 Å². The fourth-order valence-electron chi connectivity index (χ4n) is 1.57. The predicted molar refractivity (Wildman–Crippen MR) is 65.2 cm³/mol. The molecule has 0 spiro atoms. The van der Waals surface area contributed by atoms with Gasteiger partial charge in [-0.2, -0.15) is 0 Å². The highest BCUT2D eigenvalue weighted by atomic mass is 16.5. The molecule has 94 valence electrons. The van der Waals surface area contributed by atoms with Crippen LogP contribution in [-0.4, -0.2) is 56.8 Å². The van der Waals surface area contributed by atoms with Gasteiger partial charge in [-0.15, -0.1) is 0 Å². The number of likely N-dealkylation sites (N-methyl/N-ethyl adjacent to an activating group) is 1. The van der Waals surface area contributed by atoms with Crippen molar-refractivity contribution >= 4 is 5.96 Å². The molecule has 1 aliphatic heterocycles. The van der Waals surface area contributed by atoms with Gasteiger partial charge in [0.2, 0.25) is 5.96 Å². The predicted octanol–water partition coefficient (Wildman–Crippen LogP) is -0.864. The topological polar surface area (TPSA) is 74.9 Å². The Kier molecular flexibility index (Phi) is 6.14. The molecule has 1 rings (SSSR count). The van der Waals surface area contributed by atoms with Gasteiger partial charge in [0.25, 0.3) is 0 Å². The Balaban J connectivity index is 2.31. The van der Waals surface area contributed by atoms with E-state index >= 15 is 0 Å². The lowest BCUT2D eigenvalue weighted by atomic mass is 10.3. The lowest BCUT2D eigenvalue weighted by molar-refractivity contribution is -0.0136. The van der Waals surface area contributed by atoms with Crippen LogP contribution in [0, 0.1) is 0 Å². The zero-order valence-electron chi connectivity index (χ0n) is 10.2. The fourth-order valence-corrected chi connectivity index (χ4v) is 1.57. The highest BCUT2D eigenvalue weighted by Gasteiger charge is 2.16. The molecule has 1 unspecified atom stereocenters. The van der Waals surface area contributed by atoms with E-state index in [4.69, 9.17) is 10.6 Å². The normalized spacial score (nSPS) is 23.2. The maximum atomic E-state index is 5.60. The van der Waals surface area contributed by atoms with Crippen LogP contribution < -0.4 is 16.6 Å². The molecule has 16 heavy (non-hydrogen) atoms. The van der Waals surface area contributed by atoms with Crippen molar-refractivity contribution in [1.29, 1.82) is 0 Å². The Morgan fingerprint density at radius 3 is 3.06 bits per heavy atom. The highest BCUT2D eigenvalue weighted by molar-refractivity contribution is 5.79. The zero-order chi connectivity index (χ0) is 11.8. The molecule has 0 aromatic carbocycles. The quantitative estimate of drug-likeness (QED) is 0.253. The lowest BCUT2D eigenvalue weighted by Crippen LogP contribution is -2.44. The molecule has 1 heterocycles. The molecule has 0 aromatic rings. The average molecular weight is 229 g/mol. The Morgan fingerprint density at radius 2 is 2.44 bits per heavy atom. The van der Waals surface area contributed by atoms with Gasteiger partial charge in [-0.3, -0.25) is 5.43 Å². The number of hydrazine groups is 1. The first kappa shape index (κ1) is 13.2. The number of guanidine groups is 1. The Bertz CT molecular complexity index is 221. The van der Waals surface area contributed by atoms with Crippen LogP contribution in [0.5, 0.6) is 0 Å². The molecule has 1 atom stereocenters. The van der Waals surface area contributed by atoms with Crippen LogP contribution in [0.3, 0.4) is 0 Å². The number of nitrogens with zero attached hydrogens (tertiary/aromatic N) is 2. The van der Waals surface area contributed by atoms with Crippen LogP contribution in [-0.2, 0) is 4.74 Å². The van der Waals surface area contributed by atoms with Crippen molar-refractivity contribution in [1.82, 2.24) is 15.6 Å². The molecule has 0 aromatic heterocycles. The molecule has 0 saturated carbocycles. The molecule has 1 fully saturated rings. The van der Waals surface area contributed by atoms with Crippen molar-refractivity contribution < 1.29 is 4.74 Å².